The highest BCUT2D eigenvalue weighted by Gasteiger charge is 2.41. The Labute approximate surface area is 192 Å². The molecular formula is C25H28N4O4. The Kier molecular flexibility index (Phi) is 6.09. The van der Waals surface area contributed by atoms with Crippen LogP contribution >= 0.6 is 0 Å². The molecular weight excluding hydrogens is 420 g/mol. The molecule has 3 aromatic rings. The van der Waals surface area contributed by atoms with Gasteiger partial charge in [-0.1, -0.05) is 31.2 Å². The van der Waals surface area contributed by atoms with Crippen molar-refractivity contribution in [3.05, 3.63) is 70.4 Å². The van der Waals surface area contributed by atoms with E-state index in [0.717, 1.165) is 23.2 Å². The minimum Gasteiger partial charge on any atom is -0.493 e. The van der Waals surface area contributed by atoms with Gasteiger partial charge >= 0.3 is 0 Å². The number of nitrogens with zero attached hydrogens (tertiary/aromatic N) is 2. The van der Waals surface area contributed by atoms with Crippen molar-refractivity contribution in [3.63, 3.8) is 0 Å². The zero-order valence-corrected chi connectivity index (χ0v) is 19.4. The number of nitrogens with one attached hydrogen (secondary N) is 2. The van der Waals surface area contributed by atoms with Crippen LogP contribution in [0.1, 0.15) is 45.6 Å². The Morgan fingerprint density at radius 3 is 2.45 bits per heavy atom. The van der Waals surface area contributed by atoms with Crippen molar-refractivity contribution < 1.29 is 19.1 Å². The molecule has 0 aliphatic carbocycles. The summed E-state index contributed by atoms with van der Waals surface area (Å²) in [5, 5.41) is 10.4. The smallest absolute Gasteiger partial charge is 0.252 e. The SMILES string of the molecule is CCc1ccc(C2c3c(C)nn(C)c3NC(=O)C2NC(=O)c2ccc(OC)c(OC)c2)cc1. The van der Waals surface area contributed by atoms with E-state index in [1.165, 1.54) is 19.8 Å². The van der Waals surface area contributed by atoms with Crippen LogP contribution in [0, 0.1) is 6.92 Å². The highest BCUT2D eigenvalue weighted by atomic mass is 16.5. The van der Waals surface area contributed by atoms with Crippen LogP contribution in [0.2, 0.25) is 0 Å². The van der Waals surface area contributed by atoms with Crippen molar-refractivity contribution in [2.75, 3.05) is 19.5 Å². The number of aryl methyl sites for hydroxylation is 3. The molecule has 172 valence electrons. The lowest BCUT2D eigenvalue weighted by Gasteiger charge is -2.32. The maximum absolute atomic E-state index is 13.2. The quantitative estimate of drug-likeness (QED) is 0.604. The maximum atomic E-state index is 13.2. The maximum Gasteiger partial charge on any atom is 0.252 e. The largest absolute Gasteiger partial charge is 0.493 e. The predicted molar refractivity (Wildman–Crippen MR) is 125 cm³/mol. The van der Waals surface area contributed by atoms with E-state index >= 15 is 0 Å². The summed E-state index contributed by atoms with van der Waals surface area (Å²) in [5.74, 6) is 0.570. The molecule has 1 aliphatic rings. The van der Waals surface area contributed by atoms with Crippen LogP contribution < -0.4 is 20.1 Å². The van der Waals surface area contributed by atoms with E-state index in [0.29, 0.717) is 22.9 Å². The van der Waals surface area contributed by atoms with Gasteiger partial charge in [0.1, 0.15) is 11.9 Å². The number of ether oxygens (including phenoxy) is 2. The van der Waals surface area contributed by atoms with Crippen LogP contribution in [-0.2, 0) is 18.3 Å². The number of methoxy groups -OCH3 is 2. The van der Waals surface area contributed by atoms with Crippen LogP contribution in [0.25, 0.3) is 0 Å². The third kappa shape index (κ3) is 4.04. The predicted octanol–water partition coefficient (Wildman–Crippen LogP) is 3.19. The molecule has 2 N–H and O–H groups in total. The number of anilines is 1. The zero-order valence-electron chi connectivity index (χ0n) is 19.4. The van der Waals surface area contributed by atoms with E-state index in [9.17, 15) is 9.59 Å². The fourth-order valence-electron chi connectivity index (χ4n) is 4.38. The monoisotopic (exact) mass is 448 g/mol. The first-order chi connectivity index (χ1) is 15.9. The molecule has 2 amide bonds. The van der Waals surface area contributed by atoms with Crippen LogP contribution in [0.5, 0.6) is 11.5 Å². The number of benzene rings is 2. The number of fused-ring (bicyclic) bond motifs is 1. The summed E-state index contributed by atoms with van der Waals surface area (Å²) in [6.07, 6.45) is 0.919. The van der Waals surface area contributed by atoms with E-state index in [-0.39, 0.29) is 17.7 Å². The van der Waals surface area contributed by atoms with Crippen molar-refractivity contribution >= 4 is 17.6 Å². The van der Waals surface area contributed by atoms with Crippen LogP contribution in [-0.4, -0.2) is 41.9 Å². The van der Waals surface area contributed by atoms with E-state index in [1.807, 2.05) is 19.1 Å². The molecule has 8 heteroatoms. The van der Waals surface area contributed by atoms with Gasteiger partial charge < -0.3 is 20.1 Å². The van der Waals surface area contributed by atoms with Crippen LogP contribution in [0.15, 0.2) is 42.5 Å². The van der Waals surface area contributed by atoms with Gasteiger partial charge in [-0.05, 0) is 42.7 Å². The highest BCUT2D eigenvalue weighted by Crippen LogP contribution is 2.39. The number of carbonyl (C=O) groups excluding carboxylic acids is 2. The Morgan fingerprint density at radius 2 is 1.82 bits per heavy atom. The first-order valence-electron chi connectivity index (χ1n) is 10.8. The van der Waals surface area contributed by atoms with Gasteiger partial charge in [0.05, 0.1) is 19.9 Å². The lowest BCUT2D eigenvalue weighted by Crippen LogP contribution is -2.50. The third-order valence-corrected chi connectivity index (χ3v) is 6.12. The standard InChI is InChI=1S/C25H28N4O4/c1-6-15-7-9-16(10-8-15)21-20-14(2)28-29(3)23(20)27-25(31)22(21)26-24(30)17-11-12-18(32-4)19(13-17)33-5/h7-13,21-22H,6H2,1-5H3,(H,26,30)(H,27,31). The average Bonchev–Trinajstić information content (AvgIpc) is 3.11. The fraction of sp³-hybridized carbons (Fsp3) is 0.320. The number of carbonyl (C=O) groups is 2. The second kappa shape index (κ2) is 8.97. The average molecular weight is 449 g/mol. The Hall–Kier alpha value is -3.81. The van der Waals surface area contributed by atoms with E-state index < -0.39 is 6.04 Å². The normalized spacial score (nSPS) is 17.2. The molecule has 0 spiro atoms. The number of hydrogen-bond donors (Lipinski definition) is 2. The van der Waals surface area contributed by atoms with Crippen molar-refractivity contribution in [3.8, 4) is 11.5 Å². The molecule has 1 aromatic heterocycles. The molecule has 0 saturated carbocycles. The molecule has 8 nitrogen and oxygen atoms in total. The summed E-state index contributed by atoms with van der Waals surface area (Å²) < 4.78 is 12.2. The summed E-state index contributed by atoms with van der Waals surface area (Å²) >= 11 is 0. The van der Waals surface area contributed by atoms with Gasteiger partial charge in [-0.25, -0.2) is 0 Å². The van der Waals surface area contributed by atoms with Gasteiger partial charge in [0.25, 0.3) is 5.91 Å². The second-order valence-electron chi connectivity index (χ2n) is 8.05. The lowest BCUT2D eigenvalue weighted by atomic mass is 9.81. The van der Waals surface area contributed by atoms with Crippen molar-refractivity contribution in [1.82, 2.24) is 15.1 Å². The van der Waals surface area contributed by atoms with Crippen molar-refractivity contribution in [2.24, 2.45) is 7.05 Å². The van der Waals surface area contributed by atoms with Gasteiger partial charge in [0.2, 0.25) is 5.91 Å². The van der Waals surface area contributed by atoms with Gasteiger partial charge in [-0.15, -0.1) is 0 Å². The van der Waals surface area contributed by atoms with Gasteiger partial charge in [0.15, 0.2) is 11.5 Å². The summed E-state index contributed by atoms with van der Waals surface area (Å²) in [7, 11) is 4.84. The first-order valence-corrected chi connectivity index (χ1v) is 10.8. The van der Waals surface area contributed by atoms with Crippen LogP contribution in [0.3, 0.4) is 0 Å². The molecule has 0 saturated heterocycles. The van der Waals surface area contributed by atoms with Crippen molar-refractivity contribution in [2.45, 2.75) is 32.2 Å². The number of amides is 2. The molecule has 0 bridgehead atoms. The number of rotatable bonds is 6. The molecule has 2 atom stereocenters. The molecule has 0 fully saturated rings. The Bertz CT molecular complexity index is 1200. The number of aromatic nitrogens is 2. The molecule has 33 heavy (non-hydrogen) atoms. The molecule has 2 unspecified atom stereocenters. The molecule has 0 radical (unpaired) electrons. The molecule has 2 aromatic carbocycles. The summed E-state index contributed by atoms with van der Waals surface area (Å²) in [6, 6.07) is 12.2. The van der Waals surface area contributed by atoms with E-state index in [2.05, 4.69) is 34.8 Å². The minimum atomic E-state index is -0.812. The highest BCUT2D eigenvalue weighted by molar-refractivity contribution is 6.04. The fourth-order valence-corrected chi connectivity index (χ4v) is 4.38. The minimum absolute atomic E-state index is 0.288. The van der Waals surface area contributed by atoms with Gasteiger partial charge in [-0.3, -0.25) is 14.3 Å². The zero-order chi connectivity index (χ0) is 23.7. The van der Waals surface area contributed by atoms with E-state index in [1.54, 1.807) is 29.9 Å². The van der Waals surface area contributed by atoms with Gasteiger partial charge in [-0.2, -0.15) is 5.10 Å². The molecule has 4 rings (SSSR count). The third-order valence-electron chi connectivity index (χ3n) is 6.12. The lowest BCUT2D eigenvalue weighted by molar-refractivity contribution is -0.118. The number of hydrogen-bond acceptors (Lipinski definition) is 5. The Balaban J connectivity index is 1.74. The summed E-state index contributed by atoms with van der Waals surface area (Å²) in [5.41, 5.74) is 4.22. The first kappa shape index (κ1) is 22.4. The Morgan fingerprint density at radius 1 is 1.12 bits per heavy atom. The summed E-state index contributed by atoms with van der Waals surface area (Å²) in [6.45, 7) is 4.01. The molecule has 1 aliphatic heterocycles. The van der Waals surface area contributed by atoms with E-state index in [4.69, 9.17) is 9.47 Å². The second-order valence-corrected chi connectivity index (χ2v) is 8.05. The van der Waals surface area contributed by atoms with Gasteiger partial charge in [0, 0.05) is 24.1 Å². The summed E-state index contributed by atoms with van der Waals surface area (Å²) in [4.78, 5) is 26.4. The topological polar surface area (TPSA) is 94.5 Å². The van der Waals surface area contributed by atoms with Crippen molar-refractivity contribution in [1.29, 1.82) is 0 Å². The molecule has 2 heterocycles. The van der Waals surface area contributed by atoms with Crippen LogP contribution in [0.4, 0.5) is 5.82 Å².